The number of benzene rings is 1. The van der Waals surface area contributed by atoms with Gasteiger partial charge in [0.2, 0.25) is 5.91 Å². The van der Waals surface area contributed by atoms with Crippen LogP contribution in [0.2, 0.25) is 0 Å². The summed E-state index contributed by atoms with van der Waals surface area (Å²) < 4.78 is 0. The Kier molecular flexibility index (Phi) is 9.42. The average molecular weight is 354 g/mol. The van der Waals surface area contributed by atoms with Gasteiger partial charge >= 0.3 is 0 Å². The van der Waals surface area contributed by atoms with Gasteiger partial charge in [-0.05, 0) is 62.4 Å². The molecule has 24 heavy (non-hydrogen) atoms. The lowest BCUT2D eigenvalue weighted by Crippen LogP contribution is -2.30. The smallest absolute Gasteiger partial charge is 0.251 e. The van der Waals surface area contributed by atoms with Crippen molar-refractivity contribution in [2.75, 3.05) is 26.7 Å². The summed E-state index contributed by atoms with van der Waals surface area (Å²) in [6, 6.07) is 7.52. The molecular weight excluding hydrogens is 326 g/mol. The van der Waals surface area contributed by atoms with E-state index >= 15 is 0 Å². The molecule has 1 saturated heterocycles. The molecule has 0 aromatic heterocycles. The highest BCUT2D eigenvalue weighted by Gasteiger charge is 2.14. The maximum Gasteiger partial charge on any atom is 0.251 e. The molecule has 0 unspecified atom stereocenters. The summed E-state index contributed by atoms with van der Waals surface area (Å²) in [6.45, 7) is 2.77. The highest BCUT2D eigenvalue weighted by atomic mass is 35.5. The van der Waals surface area contributed by atoms with Crippen molar-refractivity contribution < 1.29 is 9.59 Å². The molecule has 0 radical (unpaired) electrons. The number of nitrogens with one attached hydrogen (secondary N) is 3. The molecule has 2 amide bonds. The van der Waals surface area contributed by atoms with Gasteiger partial charge in [0, 0.05) is 25.6 Å². The molecule has 2 rings (SSSR count). The second-order valence-electron chi connectivity index (χ2n) is 6.11. The summed E-state index contributed by atoms with van der Waals surface area (Å²) >= 11 is 0. The molecule has 1 heterocycles. The van der Waals surface area contributed by atoms with Gasteiger partial charge < -0.3 is 16.0 Å². The predicted octanol–water partition coefficient (Wildman–Crippen LogP) is 1.91. The van der Waals surface area contributed by atoms with E-state index in [2.05, 4.69) is 16.0 Å². The maximum absolute atomic E-state index is 11.9. The fourth-order valence-corrected chi connectivity index (χ4v) is 2.95. The van der Waals surface area contributed by atoms with Crippen molar-refractivity contribution in [3.8, 4) is 0 Å². The van der Waals surface area contributed by atoms with Crippen LogP contribution in [-0.4, -0.2) is 38.5 Å². The fourth-order valence-electron chi connectivity index (χ4n) is 2.95. The van der Waals surface area contributed by atoms with Crippen LogP contribution < -0.4 is 16.0 Å². The van der Waals surface area contributed by atoms with Gasteiger partial charge in [-0.15, -0.1) is 12.4 Å². The van der Waals surface area contributed by atoms with Gasteiger partial charge in [-0.3, -0.25) is 9.59 Å². The van der Waals surface area contributed by atoms with E-state index in [0.29, 0.717) is 24.4 Å². The van der Waals surface area contributed by atoms with Crippen LogP contribution in [0.4, 0.5) is 0 Å². The molecule has 1 aromatic rings. The molecule has 0 saturated carbocycles. The van der Waals surface area contributed by atoms with E-state index in [1.54, 1.807) is 13.1 Å². The zero-order valence-corrected chi connectivity index (χ0v) is 15.1. The van der Waals surface area contributed by atoms with Gasteiger partial charge in [0.1, 0.15) is 0 Å². The molecular formula is C18H28ClN3O2. The van der Waals surface area contributed by atoms with Crippen LogP contribution in [0, 0.1) is 5.92 Å². The summed E-state index contributed by atoms with van der Waals surface area (Å²) in [4.78, 5) is 23.5. The van der Waals surface area contributed by atoms with Gasteiger partial charge in [-0.25, -0.2) is 0 Å². The van der Waals surface area contributed by atoms with E-state index in [9.17, 15) is 9.59 Å². The maximum atomic E-state index is 11.9. The van der Waals surface area contributed by atoms with Crippen molar-refractivity contribution >= 4 is 24.2 Å². The van der Waals surface area contributed by atoms with Gasteiger partial charge in [0.15, 0.2) is 0 Å². The topological polar surface area (TPSA) is 70.2 Å². The Morgan fingerprint density at radius 1 is 1.25 bits per heavy atom. The molecule has 6 heteroatoms. The molecule has 1 fully saturated rings. The largest absolute Gasteiger partial charge is 0.356 e. The van der Waals surface area contributed by atoms with Crippen LogP contribution in [0.15, 0.2) is 24.3 Å². The third kappa shape index (κ3) is 6.89. The first-order valence-electron chi connectivity index (χ1n) is 8.47. The highest BCUT2D eigenvalue weighted by Crippen LogP contribution is 2.17. The zero-order valence-electron chi connectivity index (χ0n) is 14.3. The molecule has 0 bridgehead atoms. The number of rotatable bonds is 7. The highest BCUT2D eigenvalue weighted by molar-refractivity contribution is 5.94. The van der Waals surface area contributed by atoms with E-state index in [4.69, 9.17) is 0 Å². The second-order valence-corrected chi connectivity index (χ2v) is 6.11. The molecule has 0 aliphatic carbocycles. The second kappa shape index (κ2) is 11.0. The summed E-state index contributed by atoms with van der Waals surface area (Å²) in [7, 11) is 1.62. The number of hydrogen-bond donors (Lipinski definition) is 3. The zero-order chi connectivity index (χ0) is 16.5. The summed E-state index contributed by atoms with van der Waals surface area (Å²) in [5.74, 6) is 0.732. The van der Waals surface area contributed by atoms with E-state index < -0.39 is 0 Å². The Hall–Kier alpha value is -1.59. The standard InChI is InChI=1S/C18H27N3O2.ClH/c1-19-18(23)16-4-2-3-15(13-16)9-12-21-17(22)6-5-14-7-10-20-11-8-14;/h2-4,13-14,20H,5-12H2,1H3,(H,19,23)(H,21,22);1H. The summed E-state index contributed by atoms with van der Waals surface area (Å²) in [6.07, 6.45) is 4.70. The minimum Gasteiger partial charge on any atom is -0.356 e. The van der Waals surface area contributed by atoms with E-state index in [1.807, 2.05) is 18.2 Å². The predicted molar refractivity (Wildman–Crippen MR) is 98.6 cm³/mol. The number of piperidine rings is 1. The van der Waals surface area contributed by atoms with Crippen LogP contribution in [0.1, 0.15) is 41.6 Å². The Morgan fingerprint density at radius 3 is 2.71 bits per heavy atom. The van der Waals surface area contributed by atoms with Crippen molar-refractivity contribution in [1.82, 2.24) is 16.0 Å². The molecule has 3 N–H and O–H groups in total. The van der Waals surface area contributed by atoms with Crippen molar-refractivity contribution in [2.24, 2.45) is 5.92 Å². The number of amides is 2. The van der Waals surface area contributed by atoms with Crippen molar-refractivity contribution in [2.45, 2.75) is 32.1 Å². The van der Waals surface area contributed by atoms with Gasteiger partial charge in [-0.2, -0.15) is 0 Å². The third-order valence-electron chi connectivity index (χ3n) is 4.39. The lowest BCUT2D eigenvalue weighted by Gasteiger charge is -2.22. The van der Waals surface area contributed by atoms with Crippen LogP contribution in [0.5, 0.6) is 0 Å². The van der Waals surface area contributed by atoms with Crippen molar-refractivity contribution in [3.63, 3.8) is 0 Å². The van der Waals surface area contributed by atoms with Crippen molar-refractivity contribution in [1.29, 1.82) is 0 Å². The van der Waals surface area contributed by atoms with E-state index in [1.165, 1.54) is 12.8 Å². The quantitative estimate of drug-likeness (QED) is 0.701. The van der Waals surface area contributed by atoms with Crippen LogP contribution in [0.3, 0.4) is 0 Å². The van der Waals surface area contributed by atoms with E-state index in [-0.39, 0.29) is 24.2 Å². The van der Waals surface area contributed by atoms with Gasteiger partial charge in [0.25, 0.3) is 5.91 Å². The molecule has 1 aliphatic rings. The van der Waals surface area contributed by atoms with Gasteiger partial charge in [0.05, 0.1) is 0 Å². The normalized spacial score (nSPS) is 14.5. The lowest BCUT2D eigenvalue weighted by molar-refractivity contribution is -0.121. The minimum absolute atomic E-state index is 0. The van der Waals surface area contributed by atoms with Crippen LogP contribution >= 0.6 is 12.4 Å². The molecule has 5 nitrogen and oxygen atoms in total. The number of halogens is 1. The number of carbonyl (C=O) groups excluding carboxylic acids is 2. The minimum atomic E-state index is -0.0853. The SMILES string of the molecule is CNC(=O)c1cccc(CCNC(=O)CCC2CCNCC2)c1.Cl. The first-order chi connectivity index (χ1) is 11.2. The Labute approximate surface area is 150 Å². The monoisotopic (exact) mass is 353 g/mol. The molecule has 0 spiro atoms. The number of carbonyl (C=O) groups is 2. The molecule has 134 valence electrons. The summed E-state index contributed by atoms with van der Waals surface area (Å²) in [5, 5.41) is 8.94. The Morgan fingerprint density at radius 2 is 2.00 bits per heavy atom. The van der Waals surface area contributed by atoms with Crippen LogP contribution in [-0.2, 0) is 11.2 Å². The Bertz CT molecular complexity index is 531. The first-order valence-corrected chi connectivity index (χ1v) is 8.47. The van der Waals surface area contributed by atoms with Crippen molar-refractivity contribution in [3.05, 3.63) is 35.4 Å². The third-order valence-corrected chi connectivity index (χ3v) is 4.39. The van der Waals surface area contributed by atoms with E-state index in [0.717, 1.165) is 31.5 Å². The summed E-state index contributed by atoms with van der Waals surface area (Å²) in [5.41, 5.74) is 1.71. The van der Waals surface area contributed by atoms with Crippen LogP contribution in [0.25, 0.3) is 0 Å². The molecule has 0 atom stereocenters. The lowest BCUT2D eigenvalue weighted by atomic mass is 9.93. The first kappa shape index (κ1) is 20.5. The van der Waals surface area contributed by atoms with Gasteiger partial charge in [-0.1, -0.05) is 12.1 Å². The fraction of sp³-hybridized carbons (Fsp3) is 0.556. The number of hydrogen-bond acceptors (Lipinski definition) is 3. The molecule has 1 aliphatic heterocycles. The average Bonchev–Trinajstić information content (AvgIpc) is 2.60. The molecule has 1 aromatic carbocycles. The Balaban J connectivity index is 0.00000288.